The molecule has 0 atom stereocenters. The van der Waals surface area contributed by atoms with Crippen molar-refractivity contribution in [3.63, 3.8) is 0 Å². The first-order chi connectivity index (χ1) is 8.97. The maximum atomic E-state index is 11.8. The highest BCUT2D eigenvalue weighted by Gasteiger charge is 2.27. The van der Waals surface area contributed by atoms with Crippen LogP contribution in [-0.4, -0.2) is 44.9 Å². The molecular formula is C12H21F3N2O2. The van der Waals surface area contributed by atoms with Gasteiger partial charge >= 0.3 is 6.18 Å². The number of ether oxygens (including phenoxy) is 1. The van der Waals surface area contributed by atoms with Gasteiger partial charge in [0.2, 0.25) is 5.91 Å². The molecule has 1 fully saturated rings. The molecule has 112 valence electrons. The van der Waals surface area contributed by atoms with Gasteiger partial charge in [0, 0.05) is 13.0 Å². The van der Waals surface area contributed by atoms with Gasteiger partial charge in [0.1, 0.15) is 6.61 Å². The number of hydrogen-bond donors (Lipinski definition) is 2. The van der Waals surface area contributed by atoms with Crippen molar-refractivity contribution in [2.24, 2.45) is 5.92 Å². The second-order valence-corrected chi connectivity index (χ2v) is 4.75. The molecule has 2 N–H and O–H groups in total. The van der Waals surface area contributed by atoms with Crippen LogP contribution in [0.15, 0.2) is 0 Å². The normalized spacial score (nSPS) is 17.4. The molecule has 0 bridgehead atoms. The predicted molar refractivity (Wildman–Crippen MR) is 64.7 cm³/mol. The van der Waals surface area contributed by atoms with E-state index in [1.807, 2.05) is 0 Å². The quantitative estimate of drug-likeness (QED) is 0.695. The van der Waals surface area contributed by atoms with E-state index < -0.39 is 12.8 Å². The molecule has 0 unspecified atom stereocenters. The summed E-state index contributed by atoms with van der Waals surface area (Å²) in [7, 11) is 0. The fourth-order valence-corrected chi connectivity index (χ4v) is 2.04. The smallest absolute Gasteiger partial charge is 0.370 e. The van der Waals surface area contributed by atoms with Gasteiger partial charge in [-0.25, -0.2) is 0 Å². The van der Waals surface area contributed by atoms with Crippen LogP contribution in [0.3, 0.4) is 0 Å². The first kappa shape index (κ1) is 16.2. The summed E-state index contributed by atoms with van der Waals surface area (Å²) in [5, 5.41) is 5.82. The Morgan fingerprint density at radius 1 is 1.32 bits per heavy atom. The van der Waals surface area contributed by atoms with E-state index in [-0.39, 0.29) is 19.1 Å². The van der Waals surface area contributed by atoms with Crippen LogP contribution in [0, 0.1) is 5.92 Å². The lowest BCUT2D eigenvalue weighted by molar-refractivity contribution is -0.173. The van der Waals surface area contributed by atoms with Crippen molar-refractivity contribution >= 4 is 5.91 Å². The molecule has 0 saturated carbocycles. The molecule has 0 radical (unpaired) electrons. The van der Waals surface area contributed by atoms with Gasteiger partial charge in [-0.2, -0.15) is 13.2 Å². The third-order valence-corrected chi connectivity index (χ3v) is 3.07. The second-order valence-electron chi connectivity index (χ2n) is 4.75. The van der Waals surface area contributed by atoms with Crippen LogP contribution >= 0.6 is 0 Å². The second kappa shape index (κ2) is 8.37. The minimum atomic E-state index is -4.31. The Bertz CT molecular complexity index is 266. The molecule has 1 amide bonds. The minimum Gasteiger partial charge on any atom is -0.370 e. The number of halogens is 3. The van der Waals surface area contributed by atoms with Crippen molar-refractivity contribution in [3.8, 4) is 0 Å². The van der Waals surface area contributed by atoms with E-state index in [0.29, 0.717) is 12.3 Å². The van der Waals surface area contributed by atoms with Crippen LogP contribution in [-0.2, 0) is 9.53 Å². The molecule has 1 saturated heterocycles. The molecule has 1 rings (SSSR count). The SMILES string of the molecule is O=C(CCC1CCNCC1)NCCOCC(F)(F)F. The zero-order valence-corrected chi connectivity index (χ0v) is 10.9. The van der Waals surface area contributed by atoms with E-state index in [9.17, 15) is 18.0 Å². The van der Waals surface area contributed by atoms with Crippen LogP contribution < -0.4 is 10.6 Å². The highest BCUT2D eigenvalue weighted by atomic mass is 19.4. The van der Waals surface area contributed by atoms with E-state index >= 15 is 0 Å². The van der Waals surface area contributed by atoms with Gasteiger partial charge in [-0.1, -0.05) is 0 Å². The number of rotatable bonds is 7. The number of carbonyl (C=O) groups is 1. The van der Waals surface area contributed by atoms with Crippen molar-refractivity contribution in [2.75, 3.05) is 32.8 Å². The van der Waals surface area contributed by atoms with Crippen LogP contribution in [0.25, 0.3) is 0 Å². The van der Waals surface area contributed by atoms with Gasteiger partial charge in [0.25, 0.3) is 0 Å². The Kier molecular flexibility index (Phi) is 7.15. The summed E-state index contributed by atoms with van der Waals surface area (Å²) in [5.74, 6) is 0.461. The Morgan fingerprint density at radius 3 is 2.63 bits per heavy atom. The molecule has 1 heterocycles. The lowest BCUT2D eigenvalue weighted by atomic mass is 9.93. The summed E-state index contributed by atoms with van der Waals surface area (Å²) in [6, 6.07) is 0. The third-order valence-electron chi connectivity index (χ3n) is 3.07. The third kappa shape index (κ3) is 8.83. The van der Waals surface area contributed by atoms with E-state index in [4.69, 9.17) is 0 Å². The van der Waals surface area contributed by atoms with Crippen LogP contribution in [0.2, 0.25) is 0 Å². The van der Waals surface area contributed by atoms with Gasteiger partial charge in [0.15, 0.2) is 0 Å². The fourth-order valence-electron chi connectivity index (χ4n) is 2.04. The van der Waals surface area contributed by atoms with Crippen LogP contribution in [0.1, 0.15) is 25.7 Å². The zero-order valence-electron chi connectivity index (χ0n) is 10.9. The summed E-state index contributed by atoms with van der Waals surface area (Å²) in [6.07, 6.45) is -0.857. The molecule has 0 spiro atoms. The summed E-state index contributed by atoms with van der Waals surface area (Å²) in [5.41, 5.74) is 0. The maximum Gasteiger partial charge on any atom is 0.411 e. The Hall–Kier alpha value is -0.820. The number of carbonyl (C=O) groups excluding carboxylic acids is 1. The number of alkyl halides is 3. The van der Waals surface area contributed by atoms with Crippen LogP contribution in [0.5, 0.6) is 0 Å². The summed E-state index contributed by atoms with van der Waals surface area (Å²) < 4.78 is 39.6. The van der Waals surface area contributed by atoms with Crippen molar-refractivity contribution < 1.29 is 22.7 Å². The molecule has 4 nitrogen and oxygen atoms in total. The Morgan fingerprint density at radius 2 is 2.00 bits per heavy atom. The summed E-state index contributed by atoms with van der Waals surface area (Å²) in [6.45, 7) is 0.743. The average Bonchev–Trinajstić information content (AvgIpc) is 2.36. The molecular weight excluding hydrogens is 261 g/mol. The highest BCUT2D eigenvalue weighted by molar-refractivity contribution is 5.75. The predicted octanol–water partition coefficient (Wildman–Crippen LogP) is 1.46. The first-order valence-corrected chi connectivity index (χ1v) is 6.59. The van der Waals surface area contributed by atoms with Gasteiger partial charge in [-0.15, -0.1) is 0 Å². The van der Waals surface area contributed by atoms with E-state index in [1.54, 1.807) is 0 Å². The Labute approximate surface area is 111 Å². The number of hydrogen-bond acceptors (Lipinski definition) is 3. The molecule has 1 aliphatic heterocycles. The van der Waals surface area contributed by atoms with Crippen LogP contribution in [0.4, 0.5) is 13.2 Å². The number of amides is 1. The van der Waals surface area contributed by atoms with Crippen molar-refractivity contribution in [1.29, 1.82) is 0 Å². The average molecular weight is 282 g/mol. The molecule has 0 aromatic heterocycles. The Balaban J connectivity index is 1.95. The van der Waals surface area contributed by atoms with E-state index in [2.05, 4.69) is 15.4 Å². The van der Waals surface area contributed by atoms with Gasteiger partial charge in [-0.05, 0) is 38.3 Å². The largest absolute Gasteiger partial charge is 0.411 e. The minimum absolute atomic E-state index is 0.113. The topological polar surface area (TPSA) is 50.4 Å². The fraction of sp³-hybridized carbons (Fsp3) is 0.917. The number of nitrogens with one attached hydrogen (secondary N) is 2. The molecule has 0 aromatic rings. The van der Waals surface area contributed by atoms with Gasteiger partial charge in [0.05, 0.1) is 6.61 Å². The first-order valence-electron chi connectivity index (χ1n) is 6.59. The van der Waals surface area contributed by atoms with Crippen molar-refractivity contribution in [1.82, 2.24) is 10.6 Å². The van der Waals surface area contributed by atoms with Gasteiger partial charge in [-0.3, -0.25) is 4.79 Å². The van der Waals surface area contributed by atoms with E-state index in [1.165, 1.54) is 0 Å². The van der Waals surface area contributed by atoms with Crippen molar-refractivity contribution in [3.05, 3.63) is 0 Å². The molecule has 7 heteroatoms. The summed E-state index contributed by atoms with van der Waals surface area (Å²) >= 11 is 0. The molecule has 0 aromatic carbocycles. The van der Waals surface area contributed by atoms with Gasteiger partial charge < -0.3 is 15.4 Å². The standard InChI is InChI=1S/C12H21F3N2O2/c13-12(14,15)9-19-8-7-17-11(18)2-1-10-3-5-16-6-4-10/h10,16H,1-9H2,(H,17,18). The monoisotopic (exact) mass is 282 g/mol. The van der Waals surface area contributed by atoms with Crippen molar-refractivity contribution in [2.45, 2.75) is 31.9 Å². The molecule has 1 aliphatic rings. The maximum absolute atomic E-state index is 11.8. The molecule has 19 heavy (non-hydrogen) atoms. The lowest BCUT2D eigenvalue weighted by Gasteiger charge is -2.22. The zero-order chi connectivity index (χ0) is 14.1. The highest BCUT2D eigenvalue weighted by Crippen LogP contribution is 2.17. The lowest BCUT2D eigenvalue weighted by Crippen LogP contribution is -2.31. The van der Waals surface area contributed by atoms with E-state index in [0.717, 1.165) is 32.4 Å². The molecule has 0 aliphatic carbocycles. The number of piperidine rings is 1. The summed E-state index contributed by atoms with van der Waals surface area (Å²) in [4.78, 5) is 11.4.